The minimum Gasteiger partial charge on any atom is -0.371 e. The number of nitrogens with zero attached hydrogens (tertiary/aromatic N) is 1. The quantitative estimate of drug-likeness (QED) is 0.869. The molecule has 0 spiro atoms. The highest BCUT2D eigenvalue weighted by atomic mass is 15.1. The summed E-state index contributed by atoms with van der Waals surface area (Å²) in [7, 11) is 2.28. The van der Waals surface area contributed by atoms with E-state index in [0.717, 1.165) is 19.0 Å². The lowest BCUT2D eigenvalue weighted by molar-refractivity contribution is 0.321. The molecule has 112 valence electrons. The molecule has 1 saturated carbocycles. The summed E-state index contributed by atoms with van der Waals surface area (Å²) in [5, 5.41) is 3.40. The second-order valence-electron chi connectivity index (χ2n) is 6.34. The Morgan fingerprint density at radius 3 is 2.65 bits per heavy atom. The zero-order chi connectivity index (χ0) is 14.5. The van der Waals surface area contributed by atoms with E-state index in [0.29, 0.717) is 6.04 Å². The molecule has 2 unspecified atom stereocenters. The summed E-state index contributed by atoms with van der Waals surface area (Å²) in [6.07, 6.45) is 5.52. The van der Waals surface area contributed by atoms with Crippen molar-refractivity contribution in [2.24, 2.45) is 5.92 Å². The van der Waals surface area contributed by atoms with Crippen molar-refractivity contribution in [3.05, 3.63) is 29.3 Å². The lowest BCUT2D eigenvalue weighted by Gasteiger charge is -2.38. The molecule has 0 saturated heterocycles. The average Bonchev–Trinajstić information content (AvgIpc) is 2.45. The molecule has 1 aromatic carbocycles. The second kappa shape index (κ2) is 7.12. The van der Waals surface area contributed by atoms with Gasteiger partial charge >= 0.3 is 0 Å². The third kappa shape index (κ3) is 3.54. The van der Waals surface area contributed by atoms with Gasteiger partial charge in [-0.2, -0.15) is 0 Å². The van der Waals surface area contributed by atoms with E-state index in [2.05, 4.69) is 56.2 Å². The molecular formula is C18H30N2. The first-order valence-electron chi connectivity index (χ1n) is 8.16. The molecule has 2 nitrogen and oxygen atoms in total. The molecule has 0 aliphatic heterocycles. The fourth-order valence-corrected chi connectivity index (χ4v) is 3.54. The molecule has 0 bridgehead atoms. The van der Waals surface area contributed by atoms with E-state index in [-0.39, 0.29) is 0 Å². The van der Waals surface area contributed by atoms with Gasteiger partial charge in [-0.05, 0) is 49.4 Å². The lowest BCUT2D eigenvalue weighted by atomic mass is 9.84. The van der Waals surface area contributed by atoms with Crippen LogP contribution in [0, 0.1) is 12.8 Å². The van der Waals surface area contributed by atoms with Gasteiger partial charge in [0.2, 0.25) is 0 Å². The lowest BCUT2D eigenvalue weighted by Crippen LogP contribution is -2.39. The molecule has 1 aliphatic carbocycles. The van der Waals surface area contributed by atoms with Crippen LogP contribution in [0.1, 0.15) is 50.7 Å². The van der Waals surface area contributed by atoms with E-state index in [1.807, 2.05) is 0 Å². The number of rotatable bonds is 5. The first kappa shape index (κ1) is 15.4. The Bertz CT molecular complexity index is 427. The van der Waals surface area contributed by atoms with Crippen molar-refractivity contribution in [1.29, 1.82) is 0 Å². The topological polar surface area (TPSA) is 15.3 Å². The smallest absolute Gasteiger partial charge is 0.0396 e. The molecule has 2 rings (SSSR count). The van der Waals surface area contributed by atoms with Crippen LogP contribution in [0.15, 0.2) is 18.2 Å². The molecule has 1 aliphatic rings. The number of nitrogens with one attached hydrogen (secondary N) is 1. The van der Waals surface area contributed by atoms with Crippen LogP contribution in [0.4, 0.5) is 5.69 Å². The van der Waals surface area contributed by atoms with Crippen molar-refractivity contribution in [3.63, 3.8) is 0 Å². The predicted molar refractivity (Wildman–Crippen MR) is 88.4 cm³/mol. The molecule has 2 heteroatoms. The summed E-state index contributed by atoms with van der Waals surface area (Å²) in [6, 6.07) is 7.63. The van der Waals surface area contributed by atoms with E-state index in [1.165, 1.54) is 42.5 Å². The Kier molecular flexibility index (Phi) is 5.47. The van der Waals surface area contributed by atoms with Gasteiger partial charge in [0.1, 0.15) is 0 Å². The van der Waals surface area contributed by atoms with Crippen LogP contribution in [0.2, 0.25) is 0 Å². The molecule has 0 radical (unpaired) electrons. The van der Waals surface area contributed by atoms with Crippen molar-refractivity contribution >= 4 is 5.69 Å². The van der Waals surface area contributed by atoms with Crippen LogP contribution in [0.5, 0.6) is 0 Å². The second-order valence-corrected chi connectivity index (χ2v) is 6.34. The van der Waals surface area contributed by atoms with Crippen LogP contribution in [-0.2, 0) is 6.54 Å². The molecule has 0 amide bonds. The van der Waals surface area contributed by atoms with Crippen molar-refractivity contribution in [1.82, 2.24) is 5.32 Å². The highest BCUT2D eigenvalue weighted by molar-refractivity contribution is 5.54. The summed E-state index contributed by atoms with van der Waals surface area (Å²) >= 11 is 0. The van der Waals surface area contributed by atoms with Gasteiger partial charge in [0, 0.05) is 25.3 Å². The molecular weight excluding hydrogens is 244 g/mol. The van der Waals surface area contributed by atoms with Gasteiger partial charge in [0.25, 0.3) is 0 Å². The summed E-state index contributed by atoms with van der Waals surface area (Å²) in [4.78, 5) is 2.52. The van der Waals surface area contributed by atoms with Crippen molar-refractivity contribution in [3.8, 4) is 0 Å². The number of hydrogen-bond donors (Lipinski definition) is 1. The van der Waals surface area contributed by atoms with Gasteiger partial charge in [0.15, 0.2) is 0 Å². The van der Waals surface area contributed by atoms with E-state index in [4.69, 9.17) is 0 Å². The maximum Gasteiger partial charge on any atom is 0.0396 e. The third-order valence-corrected chi connectivity index (χ3v) is 4.78. The fraction of sp³-hybridized carbons (Fsp3) is 0.667. The van der Waals surface area contributed by atoms with E-state index < -0.39 is 0 Å². The van der Waals surface area contributed by atoms with Crippen molar-refractivity contribution in [2.75, 3.05) is 18.5 Å². The minimum atomic E-state index is 0.710. The zero-order valence-electron chi connectivity index (χ0n) is 13.6. The van der Waals surface area contributed by atoms with Gasteiger partial charge in [-0.25, -0.2) is 0 Å². The van der Waals surface area contributed by atoms with Crippen LogP contribution >= 0.6 is 0 Å². The van der Waals surface area contributed by atoms with Crippen molar-refractivity contribution in [2.45, 2.75) is 59.0 Å². The van der Waals surface area contributed by atoms with Crippen LogP contribution < -0.4 is 10.2 Å². The van der Waals surface area contributed by atoms with Crippen LogP contribution in [0.25, 0.3) is 0 Å². The highest BCUT2D eigenvalue weighted by Crippen LogP contribution is 2.32. The normalized spacial score (nSPS) is 22.8. The molecule has 1 fully saturated rings. The summed E-state index contributed by atoms with van der Waals surface area (Å²) in [5.41, 5.74) is 4.20. The monoisotopic (exact) mass is 274 g/mol. The fourth-order valence-electron chi connectivity index (χ4n) is 3.54. The van der Waals surface area contributed by atoms with Crippen molar-refractivity contribution < 1.29 is 0 Å². The predicted octanol–water partition coefficient (Wildman–Crippen LogP) is 4.12. The van der Waals surface area contributed by atoms with Gasteiger partial charge in [-0.1, -0.05) is 38.8 Å². The first-order chi connectivity index (χ1) is 9.63. The van der Waals surface area contributed by atoms with E-state index in [9.17, 15) is 0 Å². The average molecular weight is 274 g/mol. The molecule has 1 aromatic rings. The Balaban J connectivity index is 2.11. The molecule has 0 heterocycles. The van der Waals surface area contributed by atoms with Crippen LogP contribution in [-0.4, -0.2) is 19.6 Å². The molecule has 0 aromatic heterocycles. The number of benzene rings is 1. The Morgan fingerprint density at radius 1 is 1.25 bits per heavy atom. The maximum absolute atomic E-state index is 3.40. The zero-order valence-corrected chi connectivity index (χ0v) is 13.6. The Morgan fingerprint density at radius 2 is 2.00 bits per heavy atom. The highest BCUT2D eigenvalue weighted by Gasteiger charge is 2.25. The number of anilines is 1. The summed E-state index contributed by atoms with van der Waals surface area (Å²) in [5.74, 6) is 0.814. The third-order valence-electron chi connectivity index (χ3n) is 4.78. The largest absolute Gasteiger partial charge is 0.371 e. The number of aryl methyl sites for hydroxylation is 1. The van der Waals surface area contributed by atoms with E-state index in [1.54, 1.807) is 0 Å². The SMILES string of the molecule is CCNCc1ccc(N(C)C2CCCCC2C)c(C)c1. The first-order valence-corrected chi connectivity index (χ1v) is 8.16. The van der Waals surface area contributed by atoms with E-state index >= 15 is 0 Å². The van der Waals surface area contributed by atoms with Gasteiger partial charge in [-0.15, -0.1) is 0 Å². The molecule has 1 N–H and O–H groups in total. The Labute approximate surface area is 124 Å². The maximum atomic E-state index is 3.40. The summed E-state index contributed by atoms with van der Waals surface area (Å²) < 4.78 is 0. The standard InChI is InChI=1S/C18H30N2/c1-5-19-13-16-10-11-18(15(3)12-16)20(4)17-9-7-6-8-14(17)2/h10-12,14,17,19H,5-9,13H2,1-4H3. The summed E-state index contributed by atoms with van der Waals surface area (Å²) in [6.45, 7) is 8.81. The van der Waals surface area contributed by atoms with Gasteiger partial charge in [-0.3, -0.25) is 0 Å². The van der Waals surface area contributed by atoms with Gasteiger partial charge < -0.3 is 10.2 Å². The van der Waals surface area contributed by atoms with Crippen LogP contribution in [0.3, 0.4) is 0 Å². The molecule has 2 atom stereocenters. The Hall–Kier alpha value is -1.02. The minimum absolute atomic E-state index is 0.710. The van der Waals surface area contributed by atoms with Gasteiger partial charge in [0.05, 0.1) is 0 Å². The molecule has 20 heavy (non-hydrogen) atoms. The number of hydrogen-bond acceptors (Lipinski definition) is 2.